The van der Waals surface area contributed by atoms with Crippen LogP contribution in [0.3, 0.4) is 0 Å². The Morgan fingerprint density at radius 3 is 2.62 bits per heavy atom. The van der Waals surface area contributed by atoms with Gasteiger partial charge in [0.2, 0.25) is 0 Å². The number of methoxy groups -OCH3 is 1. The van der Waals surface area contributed by atoms with Gasteiger partial charge in [0.15, 0.2) is 0 Å². The molecular weight excluding hydrogens is 220 g/mol. The maximum absolute atomic E-state index is 5.28. The number of rotatable bonds is 4. The summed E-state index contributed by atoms with van der Waals surface area (Å²) < 4.78 is 5.28. The molecule has 1 fully saturated rings. The molecule has 1 aliphatic carbocycles. The summed E-state index contributed by atoms with van der Waals surface area (Å²) in [6.07, 6.45) is 2.74. The minimum Gasteiger partial charge on any atom is -0.381 e. The Morgan fingerprint density at radius 1 is 1.44 bits per heavy atom. The fraction of sp³-hybridized carbons (Fsp3) is 0.750. The lowest BCUT2D eigenvalue weighted by Gasteiger charge is -2.36. The molecule has 1 aromatic heterocycles. The van der Waals surface area contributed by atoms with E-state index in [1.165, 1.54) is 10.6 Å². The molecule has 0 aliphatic heterocycles. The van der Waals surface area contributed by atoms with E-state index >= 15 is 0 Å². The predicted octanol–water partition coefficient (Wildman–Crippen LogP) is 2.59. The number of hydrogen-bond acceptors (Lipinski definition) is 4. The van der Waals surface area contributed by atoms with Crippen molar-refractivity contribution in [2.75, 3.05) is 7.11 Å². The van der Waals surface area contributed by atoms with Crippen LogP contribution in [0.2, 0.25) is 0 Å². The Labute approximate surface area is 101 Å². The van der Waals surface area contributed by atoms with Gasteiger partial charge in [-0.2, -0.15) is 0 Å². The van der Waals surface area contributed by atoms with E-state index in [1.807, 2.05) is 0 Å². The first-order valence-electron chi connectivity index (χ1n) is 5.83. The smallest absolute Gasteiger partial charge is 0.0900 e. The van der Waals surface area contributed by atoms with Gasteiger partial charge in [-0.05, 0) is 33.6 Å². The molecule has 3 nitrogen and oxygen atoms in total. The molecule has 90 valence electrons. The minimum absolute atomic E-state index is 0.411. The van der Waals surface area contributed by atoms with Crippen molar-refractivity contribution in [2.24, 2.45) is 0 Å². The van der Waals surface area contributed by atoms with Gasteiger partial charge in [-0.3, -0.25) is 0 Å². The number of aryl methyl sites for hydroxylation is 2. The lowest BCUT2D eigenvalue weighted by Crippen LogP contribution is -2.45. The van der Waals surface area contributed by atoms with Crippen LogP contribution in [0.4, 0.5) is 0 Å². The molecule has 4 heteroatoms. The molecule has 1 atom stereocenters. The topological polar surface area (TPSA) is 34.1 Å². The SMILES string of the molecule is COC1CC(NC(C)c2sc(C)nc2C)C1. The lowest BCUT2D eigenvalue weighted by molar-refractivity contribution is 0.0148. The summed E-state index contributed by atoms with van der Waals surface area (Å²) in [5, 5.41) is 4.80. The van der Waals surface area contributed by atoms with E-state index in [9.17, 15) is 0 Å². The third kappa shape index (κ3) is 2.44. The maximum Gasteiger partial charge on any atom is 0.0900 e. The van der Waals surface area contributed by atoms with Crippen molar-refractivity contribution in [3.63, 3.8) is 0 Å². The molecule has 1 unspecified atom stereocenters. The van der Waals surface area contributed by atoms with Crippen molar-refractivity contribution in [1.82, 2.24) is 10.3 Å². The summed E-state index contributed by atoms with van der Waals surface area (Å²) in [5.74, 6) is 0. The molecule has 1 heterocycles. The summed E-state index contributed by atoms with van der Waals surface area (Å²) in [4.78, 5) is 5.84. The van der Waals surface area contributed by atoms with E-state index in [0.717, 1.165) is 17.8 Å². The monoisotopic (exact) mass is 240 g/mol. The minimum atomic E-state index is 0.411. The Balaban J connectivity index is 1.89. The van der Waals surface area contributed by atoms with Crippen molar-refractivity contribution in [2.45, 2.75) is 51.8 Å². The standard InChI is InChI=1S/C12H20N2OS/c1-7-12(16-9(3)13-7)8(2)14-10-5-11(6-10)15-4/h8,10-11,14H,5-6H2,1-4H3. The van der Waals surface area contributed by atoms with Crippen LogP contribution in [0, 0.1) is 13.8 Å². The van der Waals surface area contributed by atoms with Crippen LogP contribution in [0.1, 0.15) is 41.4 Å². The van der Waals surface area contributed by atoms with E-state index < -0.39 is 0 Å². The van der Waals surface area contributed by atoms with Crippen molar-refractivity contribution in [3.8, 4) is 0 Å². The number of aromatic nitrogens is 1. The van der Waals surface area contributed by atoms with Crippen LogP contribution in [0.25, 0.3) is 0 Å². The van der Waals surface area contributed by atoms with Crippen molar-refractivity contribution in [3.05, 3.63) is 15.6 Å². The van der Waals surface area contributed by atoms with Gasteiger partial charge < -0.3 is 10.1 Å². The molecule has 1 aliphatic rings. The Bertz CT molecular complexity index is 358. The van der Waals surface area contributed by atoms with Gasteiger partial charge in [-0.15, -0.1) is 11.3 Å². The zero-order valence-corrected chi connectivity index (χ0v) is 11.2. The highest BCUT2D eigenvalue weighted by Gasteiger charge is 2.30. The Kier molecular flexibility index (Phi) is 3.62. The van der Waals surface area contributed by atoms with E-state index in [0.29, 0.717) is 18.2 Å². The van der Waals surface area contributed by atoms with Gasteiger partial charge in [0, 0.05) is 24.1 Å². The summed E-state index contributed by atoms with van der Waals surface area (Å²) >= 11 is 1.80. The molecule has 0 saturated heterocycles. The second kappa shape index (κ2) is 4.82. The van der Waals surface area contributed by atoms with Crippen LogP contribution in [-0.4, -0.2) is 24.2 Å². The number of nitrogens with one attached hydrogen (secondary N) is 1. The summed E-state index contributed by atoms with van der Waals surface area (Å²) in [7, 11) is 1.79. The third-order valence-corrected chi connectivity index (χ3v) is 4.50. The first-order valence-corrected chi connectivity index (χ1v) is 6.64. The zero-order valence-electron chi connectivity index (χ0n) is 10.4. The number of ether oxygens (including phenoxy) is 1. The molecule has 1 saturated carbocycles. The molecule has 1 N–H and O–H groups in total. The normalized spacial score (nSPS) is 26.5. The lowest BCUT2D eigenvalue weighted by atomic mass is 9.88. The van der Waals surface area contributed by atoms with Crippen LogP contribution in [0.5, 0.6) is 0 Å². The van der Waals surface area contributed by atoms with Crippen LogP contribution >= 0.6 is 11.3 Å². The zero-order chi connectivity index (χ0) is 11.7. The highest BCUT2D eigenvalue weighted by molar-refractivity contribution is 7.11. The van der Waals surface area contributed by atoms with Crippen LogP contribution in [0.15, 0.2) is 0 Å². The largest absolute Gasteiger partial charge is 0.381 e. The van der Waals surface area contributed by atoms with Crippen LogP contribution < -0.4 is 5.32 Å². The Hall–Kier alpha value is -0.450. The highest BCUT2D eigenvalue weighted by Crippen LogP contribution is 2.29. The first kappa shape index (κ1) is 12.0. The highest BCUT2D eigenvalue weighted by atomic mass is 32.1. The molecule has 0 aromatic carbocycles. The number of thiazole rings is 1. The van der Waals surface area contributed by atoms with E-state index in [4.69, 9.17) is 4.74 Å². The van der Waals surface area contributed by atoms with Gasteiger partial charge in [-0.25, -0.2) is 4.98 Å². The molecule has 16 heavy (non-hydrogen) atoms. The molecule has 0 bridgehead atoms. The van der Waals surface area contributed by atoms with Gasteiger partial charge in [0.1, 0.15) is 0 Å². The average Bonchev–Trinajstić information content (AvgIpc) is 2.50. The summed E-state index contributed by atoms with van der Waals surface area (Å²) in [6.45, 7) is 6.38. The van der Waals surface area contributed by atoms with Gasteiger partial charge in [0.25, 0.3) is 0 Å². The van der Waals surface area contributed by atoms with Crippen molar-refractivity contribution >= 4 is 11.3 Å². The average molecular weight is 240 g/mol. The van der Waals surface area contributed by atoms with Crippen LogP contribution in [-0.2, 0) is 4.74 Å². The van der Waals surface area contributed by atoms with E-state index in [-0.39, 0.29) is 0 Å². The Morgan fingerprint density at radius 2 is 2.12 bits per heavy atom. The van der Waals surface area contributed by atoms with E-state index in [2.05, 4.69) is 31.1 Å². The fourth-order valence-corrected chi connectivity index (χ4v) is 3.21. The van der Waals surface area contributed by atoms with Crippen molar-refractivity contribution in [1.29, 1.82) is 0 Å². The second-order valence-electron chi connectivity index (χ2n) is 4.60. The second-order valence-corrected chi connectivity index (χ2v) is 5.83. The molecule has 2 rings (SSSR count). The quantitative estimate of drug-likeness (QED) is 0.878. The molecule has 1 aromatic rings. The van der Waals surface area contributed by atoms with E-state index in [1.54, 1.807) is 18.4 Å². The molecule has 0 radical (unpaired) electrons. The number of nitrogens with zero attached hydrogens (tertiary/aromatic N) is 1. The predicted molar refractivity (Wildman–Crippen MR) is 67.0 cm³/mol. The fourth-order valence-electron chi connectivity index (χ4n) is 2.27. The van der Waals surface area contributed by atoms with Gasteiger partial charge >= 0.3 is 0 Å². The third-order valence-electron chi connectivity index (χ3n) is 3.25. The first-order chi connectivity index (χ1) is 7.60. The molecule has 0 amide bonds. The summed E-state index contributed by atoms with van der Waals surface area (Å²) in [5.41, 5.74) is 1.17. The van der Waals surface area contributed by atoms with Crippen molar-refractivity contribution < 1.29 is 4.74 Å². The molecule has 0 spiro atoms. The summed E-state index contributed by atoms with van der Waals surface area (Å²) in [6, 6.07) is 1.02. The molecular formula is C12H20N2OS. The van der Waals surface area contributed by atoms with Gasteiger partial charge in [0.05, 0.1) is 16.8 Å². The maximum atomic E-state index is 5.28. The number of hydrogen-bond donors (Lipinski definition) is 1. The van der Waals surface area contributed by atoms with Gasteiger partial charge in [-0.1, -0.05) is 0 Å².